The van der Waals surface area contributed by atoms with Gasteiger partial charge in [-0.2, -0.15) is 13.2 Å². The van der Waals surface area contributed by atoms with Gasteiger partial charge in [-0.05, 0) is 12.1 Å². The fourth-order valence-corrected chi connectivity index (χ4v) is 1.47. The first-order chi connectivity index (χ1) is 7.73. The van der Waals surface area contributed by atoms with Gasteiger partial charge >= 0.3 is 6.18 Å². The molecule has 0 bridgehead atoms. The van der Waals surface area contributed by atoms with Crippen LogP contribution in [-0.4, -0.2) is 6.43 Å². The summed E-state index contributed by atoms with van der Waals surface area (Å²) in [5.41, 5.74) is 2.94. The first kappa shape index (κ1) is 17.1. The molecule has 0 unspecified atom stereocenters. The predicted octanol–water partition coefficient (Wildman–Crippen LogP) is 3.92. The third-order valence-corrected chi connectivity index (χ3v) is 2.16. The largest absolute Gasteiger partial charge is 0.416 e. The van der Waals surface area contributed by atoms with Crippen molar-refractivity contribution in [2.24, 2.45) is 5.73 Å². The number of halogens is 7. The van der Waals surface area contributed by atoms with Crippen LogP contribution in [0.15, 0.2) is 18.2 Å². The first-order valence-electron chi connectivity index (χ1n) is 4.62. The molecule has 2 N–H and O–H groups in total. The summed E-state index contributed by atoms with van der Waals surface area (Å²) in [6.07, 6.45) is -8.74. The highest BCUT2D eigenvalue weighted by molar-refractivity contribution is 5.85. The number of benzene rings is 1. The van der Waals surface area contributed by atoms with Crippen molar-refractivity contribution >= 4 is 12.4 Å². The van der Waals surface area contributed by atoms with Gasteiger partial charge in [-0.15, -0.1) is 12.4 Å². The molecule has 1 aromatic rings. The van der Waals surface area contributed by atoms with Crippen LogP contribution >= 0.6 is 12.4 Å². The highest BCUT2D eigenvalue weighted by Crippen LogP contribution is 2.36. The zero-order valence-electron chi connectivity index (χ0n) is 8.85. The average Bonchev–Trinajstić information content (AvgIpc) is 2.14. The lowest BCUT2D eigenvalue weighted by Crippen LogP contribution is -2.21. The molecule has 104 valence electrons. The fourth-order valence-electron chi connectivity index (χ4n) is 1.47. The Balaban J connectivity index is 0.00000289. The summed E-state index contributed by atoms with van der Waals surface area (Å²) in [4.78, 5) is 0. The third kappa shape index (κ3) is 4.06. The lowest BCUT2D eigenvalue weighted by atomic mass is 9.97. The molecule has 0 radical (unpaired) electrons. The van der Waals surface area contributed by atoms with Gasteiger partial charge in [0.2, 0.25) is 6.43 Å². The second-order valence-electron chi connectivity index (χ2n) is 3.43. The second-order valence-corrected chi connectivity index (χ2v) is 3.43. The predicted molar refractivity (Wildman–Crippen MR) is 56.2 cm³/mol. The van der Waals surface area contributed by atoms with Gasteiger partial charge in [0, 0.05) is 18.0 Å². The van der Waals surface area contributed by atoms with Gasteiger partial charge in [0.05, 0.1) is 5.56 Å². The fraction of sp³-hybridized carbons (Fsp3) is 0.400. The number of alkyl halides is 5. The summed E-state index contributed by atoms with van der Waals surface area (Å²) in [5, 5.41) is 0. The summed E-state index contributed by atoms with van der Waals surface area (Å²) in [5.74, 6) is -1.23. The first-order valence-corrected chi connectivity index (χ1v) is 4.62. The molecule has 18 heavy (non-hydrogen) atoms. The Morgan fingerprint density at radius 2 is 1.72 bits per heavy atom. The minimum absolute atomic E-state index is 0. The molecule has 0 fully saturated rings. The molecule has 0 aromatic heterocycles. The van der Waals surface area contributed by atoms with E-state index in [1.165, 1.54) is 0 Å². The molecule has 0 aliphatic heterocycles. The Morgan fingerprint density at radius 3 is 2.17 bits per heavy atom. The molecule has 0 amide bonds. The van der Waals surface area contributed by atoms with E-state index in [2.05, 4.69) is 0 Å². The molecule has 1 aromatic carbocycles. The molecule has 0 saturated heterocycles. The summed E-state index contributed by atoms with van der Waals surface area (Å²) < 4.78 is 74.9. The SMILES string of the molecule is Cl.N[C@@H](CC(F)F)c1c(F)cccc1C(F)(F)F. The Hall–Kier alpha value is -0.950. The molecule has 0 spiro atoms. The minimum atomic E-state index is -4.82. The van der Waals surface area contributed by atoms with Crippen molar-refractivity contribution in [2.75, 3.05) is 0 Å². The normalized spacial score (nSPS) is 13.3. The maximum absolute atomic E-state index is 13.3. The molecule has 0 heterocycles. The van der Waals surface area contributed by atoms with Crippen molar-refractivity contribution in [2.45, 2.75) is 25.1 Å². The van der Waals surface area contributed by atoms with E-state index in [1.54, 1.807) is 0 Å². The number of hydrogen-bond acceptors (Lipinski definition) is 1. The quantitative estimate of drug-likeness (QED) is 0.840. The molecule has 0 saturated carbocycles. The van der Waals surface area contributed by atoms with Gasteiger partial charge in [-0.25, -0.2) is 13.2 Å². The topological polar surface area (TPSA) is 26.0 Å². The Morgan fingerprint density at radius 1 is 1.17 bits per heavy atom. The molecule has 1 nitrogen and oxygen atoms in total. The third-order valence-electron chi connectivity index (χ3n) is 2.16. The maximum atomic E-state index is 13.3. The van der Waals surface area contributed by atoms with Crippen LogP contribution in [0.5, 0.6) is 0 Å². The molecule has 8 heteroatoms. The molecular formula is C10H10ClF6N. The van der Waals surface area contributed by atoms with Crippen LogP contribution in [0.3, 0.4) is 0 Å². The highest BCUT2D eigenvalue weighted by Gasteiger charge is 2.36. The van der Waals surface area contributed by atoms with E-state index in [0.29, 0.717) is 6.07 Å². The van der Waals surface area contributed by atoms with Crippen LogP contribution in [0.1, 0.15) is 23.6 Å². The summed E-state index contributed by atoms with van der Waals surface area (Å²) in [6.45, 7) is 0. The molecule has 1 atom stereocenters. The van der Waals surface area contributed by atoms with E-state index < -0.39 is 42.0 Å². The van der Waals surface area contributed by atoms with Gasteiger partial charge in [0.15, 0.2) is 0 Å². The average molecular weight is 294 g/mol. The van der Waals surface area contributed by atoms with Crippen LogP contribution in [-0.2, 0) is 6.18 Å². The van der Waals surface area contributed by atoms with E-state index in [4.69, 9.17) is 5.73 Å². The van der Waals surface area contributed by atoms with Crippen molar-refractivity contribution in [3.8, 4) is 0 Å². The standard InChI is InChI=1S/C10H9F6N.ClH/c11-6-3-1-2-5(10(14,15)16)9(6)7(17)4-8(12)13;/h1-3,7-8H,4,17H2;1H/t7-;/m0./s1. The van der Waals surface area contributed by atoms with Crippen LogP contribution in [0.2, 0.25) is 0 Å². The number of hydrogen-bond donors (Lipinski definition) is 1. The molecular weight excluding hydrogens is 284 g/mol. The van der Waals surface area contributed by atoms with Crippen LogP contribution < -0.4 is 5.73 Å². The van der Waals surface area contributed by atoms with E-state index in [9.17, 15) is 26.3 Å². The van der Waals surface area contributed by atoms with E-state index in [1.807, 2.05) is 0 Å². The molecule has 0 aliphatic rings. The Bertz CT molecular complexity index is 392. The van der Waals surface area contributed by atoms with Crippen LogP contribution in [0, 0.1) is 5.82 Å². The van der Waals surface area contributed by atoms with Gasteiger partial charge in [-0.3, -0.25) is 0 Å². The van der Waals surface area contributed by atoms with E-state index >= 15 is 0 Å². The van der Waals surface area contributed by atoms with E-state index in [0.717, 1.165) is 12.1 Å². The molecule has 0 aliphatic carbocycles. The van der Waals surface area contributed by atoms with Crippen LogP contribution in [0.25, 0.3) is 0 Å². The van der Waals surface area contributed by atoms with Crippen LogP contribution in [0.4, 0.5) is 26.3 Å². The maximum Gasteiger partial charge on any atom is 0.416 e. The Kier molecular flexibility index (Phi) is 5.95. The highest BCUT2D eigenvalue weighted by atomic mass is 35.5. The van der Waals surface area contributed by atoms with Crippen molar-refractivity contribution in [1.82, 2.24) is 0 Å². The lowest BCUT2D eigenvalue weighted by Gasteiger charge is -2.18. The van der Waals surface area contributed by atoms with Gasteiger partial charge in [0.25, 0.3) is 0 Å². The van der Waals surface area contributed by atoms with Crippen molar-refractivity contribution < 1.29 is 26.3 Å². The van der Waals surface area contributed by atoms with Gasteiger partial charge < -0.3 is 5.73 Å². The number of rotatable bonds is 3. The number of nitrogens with two attached hydrogens (primary N) is 1. The smallest absolute Gasteiger partial charge is 0.324 e. The van der Waals surface area contributed by atoms with Gasteiger partial charge in [-0.1, -0.05) is 6.07 Å². The molecule has 1 rings (SSSR count). The summed E-state index contributed by atoms with van der Waals surface area (Å²) in [7, 11) is 0. The minimum Gasteiger partial charge on any atom is -0.324 e. The van der Waals surface area contributed by atoms with Crippen molar-refractivity contribution in [3.63, 3.8) is 0 Å². The summed E-state index contributed by atoms with van der Waals surface area (Å²) >= 11 is 0. The lowest BCUT2D eigenvalue weighted by molar-refractivity contribution is -0.138. The van der Waals surface area contributed by atoms with E-state index in [-0.39, 0.29) is 12.4 Å². The van der Waals surface area contributed by atoms with Crippen molar-refractivity contribution in [1.29, 1.82) is 0 Å². The second kappa shape index (κ2) is 6.29. The monoisotopic (exact) mass is 293 g/mol. The zero-order valence-corrected chi connectivity index (χ0v) is 9.66. The zero-order chi connectivity index (χ0) is 13.2. The Labute approximate surface area is 105 Å². The van der Waals surface area contributed by atoms with Gasteiger partial charge in [0.1, 0.15) is 5.82 Å². The summed E-state index contributed by atoms with van der Waals surface area (Å²) in [6, 6.07) is 0.545. The van der Waals surface area contributed by atoms with Crippen molar-refractivity contribution in [3.05, 3.63) is 35.1 Å².